The van der Waals surface area contributed by atoms with Crippen molar-refractivity contribution in [3.63, 3.8) is 0 Å². The molecule has 2 aromatic carbocycles. The number of nitrogens with one attached hydrogen (secondary N) is 3. The van der Waals surface area contributed by atoms with Gasteiger partial charge in [-0.1, -0.05) is 68.7 Å². The Labute approximate surface area is 490 Å². The topological polar surface area (TPSA) is 274 Å². The number of hydrogen-bond acceptors (Lipinski definition) is 19. The molecule has 0 aliphatic heterocycles. The number of ketones is 3. The van der Waals surface area contributed by atoms with Gasteiger partial charge in [0.1, 0.15) is 12.4 Å². The highest BCUT2D eigenvalue weighted by molar-refractivity contribution is 5.96. The van der Waals surface area contributed by atoms with E-state index in [4.69, 9.17) is 47.4 Å². The van der Waals surface area contributed by atoms with Crippen molar-refractivity contribution in [2.45, 2.75) is 123 Å². The molecule has 0 radical (unpaired) electrons. The zero-order chi connectivity index (χ0) is 60.7. The summed E-state index contributed by atoms with van der Waals surface area (Å²) in [4.78, 5) is 102. The number of aryl methyl sites for hydroxylation is 1. The van der Waals surface area contributed by atoms with Gasteiger partial charge < -0.3 is 68.1 Å². The lowest BCUT2D eigenvalue weighted by atomic mass is 9.86. The second-order valence-corrected chi connectivity index (χ2v) is 19.9. The minimum atomic E-state index is -0.898. The summed E-state index contributed by atoms with van der Waals surface area (Å²) in [5.74, 6) is -3.09. The Morgan fingerprint density at radius 2 is 1.06 bits per heavy atom. The molecule has 3 N–H and O–H groups in total. The molecule has 0 saturated heterocycles. The van der Waals surface area contributed by atoms with Crippen LogP contribution in [0.1, 0.15) is 108 Å². The van der Waals surface area contributed by atoms with E-state index in [1.807, 2.05) is 32.9 Å². The van der Waals surface area contributed by atoms with Gasteiger partial charge in [0.15, 0.2) is 17.3 Å². The Kier molecular flexibility index (Phi) is 41.7. The van der Waals surface area contributed by atoms with Crippen LogP contribution in [0.4, 0.5) is 4.79 Å². The smallest absolute Gasteiger partial charge is 0.466 e. The van der Waals surface area contributed by atoms with E-state index in [-0.39, 0.29) is 86.8 Å². The number of hydrogen-bond donors (Lipinski definition) is 3. The molecule has 22 nitrogen and oxygen atoms in total. The molecule has 2 rings (SSSR count). The van der Waals surface area contributed by atoms with Crippen LogP contribution in [-0.4, -0.2) is 179 Å². The van der Waals surface area contributed by atoms with E-state index in [1.165, 1.54) is 13.2 Å². The highest BCUT2D eigenvalue weighted by atomic mass is 16.7. The summed E-state index contributed by atoms with van der Waals surface area (Å²) in [5.41, 5.74) is 2.40. The van der Waals surface area contributed by atoms with Crippen molar-refractivity contribution < 1.29 is 90.5 Å². The largest absolute Gasteiger partial charge is 0.514 e. The summed E-state index contributed by atoms with van der Waals surface area (Å²) in [5, 5.41) is 8.56. The van der Waals surface area contributed by atoms with Crippen molar-refractivity contribution >= 4 is 47.2 Å². The molecule has 0 bridgehead atoms. The van der Waals surface area contributed by atoms with Gasteiger partial charge in [-0.3, -0.25) is 28.8 Å². The van der Waals surface area contributed by atoms with Crippen LogP contribution >= 0.6 is 0 Å². The zero-order valence-corrected chi connectivity index (χ0v) is 49.8. The van der Waals surface area contributed by atoms with Crippen molar-refractivity contribution in [2.75, 3.05) is 120 Å². The Morgan fingerprint density at radius 3 is 1.60 bits per heavy atom. The Balaban J connectivity index is 1.76. The maximum Gasteiger partial charge on any atom is 0.514 e. The first-order valence-electron chi connectivity index (χ1n) is 28.8. The third-order valence-electron chi connectivity index (χ3n) is 12.7. The molecule has 0 spiro atoms. The molecule has 0 aliphatic rings. The van der Waals surface area contributed by atoms with Crippen molar-refractivity contribution in [2.24, 2.45) is 11.8 Å². The SMILES string of the molecule is COCCOCCOCCOCCOCCOCCOCCOCCC(=O)NCCCC[C@H](NC(=O)CCCCCCC(=O)/C=C\C(=O)OC)C(=O)C[C@H](C(=O)N[C@@H](C)C(=O)Cc1ccc(COC(=O)Oc2ccc(C)cc2)cc1)C(C)C. The van der Waals surface area contributed by atoms with Crippen LogP contribution in [0.15, 0.2) is 60.7 Å². The summed E-state index contributed by atoms with van der Waals surface area (Å²) in [6.07, 6.45) is 5.53. The van der Waals surface area contributed by atoms with Crippen molar-refractivity contribution in [3.05, 3.63) is 77.4 Å². The fourth-order valence-corrected chi connectivity index (χ4v) is 7.72. The van der Waals surface area contributed by atoms with Crippen molar-refractivity contribution in [1.29, 1.82) is 0 Å². The summed E-state index contributed by atoms with van der Waals surface area (Å²) < 4.78 is 58.1. The van der Waals surface area contributed by atoms with E-state index in [9.17, 15) is 38.4 Å². The lowest BCUT2D eigenvalue weighted by Crippen LogP contribution is -2.46. The molecule has 0 unspecified atom stereocenters. The molecule has 0 saturated carbocycles. The standard InChI is InChI=1S/C61H93N3O19/c1-46(2)53(60(71)63-48(4)55(66)43-49-18-20-50(21-19-49)45-82-61(72)83-52-23-16-47(3)17-24-52)44-56(67)54(64-58(69)15-10-8-7-9-13-51(65)22-25-59(70)74-6)14-11-12-27-62-57(68)26-28-75-31-32-77-35-36-79-39-40-81-42-41-80-38-37-78-34-33-76-30-29-73-5/h16-25,46,48,53-54H,7-15,26-45H2,1-6H3,(H,62,68)(H,63,71)(H,64,69)/b25-22-/t48-,53-,54-/m0/s1. The van der Waals surface area contributed by atoms with Crippen LogP contribution in [0.25, 0.3) is 0 Å². The quantitative estimate of drug-likeness (QED) is 0.0291. The first-order valence-corrected chi connectivity index (χ1v) is 28.8. The van der Waals surface area contributed by atoms with Gasteiger partial charge in [-0.05, 0) is 81.2 Å². The van der Waals surface area contributed by atoms with E-state index in [2.05, 4.69) is 20.7 Å². The zero-order valence-electron chi connectivity index (χ0n) is 49.8. The fraction of sp³-hybridized carbons (Fsp3) is 0.639. The molecule has 2 aromatic rings. The second kappa shape index (κ2) is 47.4. The number of rotatable bonds is 51. The number of Topliss-reactive ketones (excluding diaryl/α,β-unsaturated/α-hetero) is 2. The third kappa shape index (κ3) is 38.5. The van der Waals surface area contributed by atoms with E-state index < -0.39 is 36.0 Å². The number of allylic oxidation sites excluding steroid dienone is 1. The van der Waals surface area contributed by atoms with E-state index >= 15 is 0 Å². The third-order valence-corrected chi connectivity index (χ3v) is 12.7. The van der Waals surface area contributed by atoms with Crippen LogP contribution < -0.4 is 20.7 Å². The predicted octanol–water partition coefficient (Wildman–Crippen LogP) is 6.12. The van der Waals surface area contributed by atoms with E-state index in [0.29, 0.717) is 154 Å². The lowest BCUT2D eigenvalue weighted by molar-refractivity contribution is -0.135. The van der Waals surface area contributed by atoms with Gasteiger partial charge in [-0.2, -0.15) is 0 Å². The molecule has 0 aliphatic carbocycles. The Morgan fingerprint density at radius 1 is 0.530 bits per heavy atom. The van der Waals surface area contributed by atoms with Gasteiger partial charge in [0, 0.05) is 57.8 Å². The number of esters is 1. The monoisotopic (exact) mass is 1170 g/mol. The number of ether oxygens (including phenoxy) is 11. The summed E-state index contributed by atoms with van der Waals surface area (Å²) in [6, 6.07) is 12.2. The summed E-state index contributed by atoms with van der Waals surface area (Å²) in [7, 11) is 2.85. The summed E-state index contributed by atoms with van der Waals surface area (Å²) in [6.45, 7) is 14.0. The molecule has 3 amide bonds. The highest BCUT2D eigenvalue weighted by Gasteiger charge is 2.31. The molecular formula is C61H93N3O19. The molecule has 22 heteroatoms. The van der Waals surface area contributed by atoms with Crippen LogP contribution in [-0.2, 0) is 94.0 Å². The molecule has 0 aromatic heterocycles. The highest BCUT2D eigenvalue weighted by Crippen LogP contribution is 2.20. The van der Waals surface area contributed by atoms with Crippen molar-refractivity contribution in [1.82, 2.24) is 16.0 Å². The number of carbonyl (C=O) groups is 8. The molecule has 0 heterocycles. The van der Waals surface area contributed by atoms with Gasteiger partial charge in [-0.15, -0.1) is 0 Å². The number of benzene rings is 2. The van der Waals surface area contributed by atoms with Gasteiger partial charge in [0.25, 0.3) is 0 Å². The molecular weight excluding hydrogens is 1080 g/mol. The van der Waals surface area contributed by atoms with Gasteiger partial charge >= 0.3 is 12.1 Å². The first-order chi connectivity index (χ1) is 40.1. The first kappa shape index (κ1) is 73.1. The number of methoxy groups -OCH3 is 2. The number of unbranched alkanes of at least 4 members (excludes halogenated alkanes) is 4. The van der Waals surface area contributed by atoms with E-state index in [1.54, 1.807) is 50.4 Å². The van der Waals surface area contributed by atoms with E-state index in [0.717, 1.165) is 11.6 Å². The molecule has 0 fully saturated rings. The van der Waals surface area contributed by atoms with Crippen LogP contribution in [0.5, 0.6) is 5.75 Å². The van der Waals surface area contributed by atoms with Crippen LogP contribution in [0.3, 0.4) is 0 Å². The Bertz CT molecular complexity index is 2170. The lowest BCUT2D eigenvalue weighted by Gasteiger charge is -2.25. The normalized spacial score (nSPS) is 12.4. The predicted molar refractivity (Wildman–Crippen MR) is 308 cm³/mol. The number of carbonyl (C=O) groups excluding carboxylic acids is 8. The summed E-state index contributed by atoms with van der Waals surface area (Å²) >= 11 is 0. The average molecular weight is 1170 g/mol. The van der Waals surface area contributed by atoms with Crippen LogP contribution in [0.2, 0.25) is 0 Å². The van der Waals surface area contributed by atoms with Gasteiger partial charge in [0.2, 0.25) is 17.7 Å². The maximum absolute atomic E-state index is 14.0. The second-order valence-electron chi connectivity index (χ2n) is 19.9. The van der Waals surface area contributed by atoms with Crippen LogP contribution in [0, 0.1) is 18.8 Å². The average Bonchev–Trinajstić information content (AvgIpc) is 3.49. The molecule has 83 heavy (non-hydrogen) atoms. The Hall–Kier alpha value is -5.98. The fourth-order valence-electron chi connectivity index (χ4n) is 7.72. The molecule has 466 valence electrons. The van der Waals surface area contributed by atoms with Crippen molar-refractivity contribution in [3.8, 4) is 5.75 Å². The maximum atomic E-state index is 14.0. The van der Waals surface area contributed by atoms with Gasteiger partial charge in [-0.25, -0.2) is 9.59 Å². The molecule has 3 atom stereocenters. The minimum absolute atomic E-state index is 0.0219. The number of amides is 3. The van der Waals surface area contributed by atoms with Gasteiger partial charge in [0.05, 0.1) is 118 Å². The minimum Gasteiger partial charge on any atom is -0.466 e.